The number of rotatable bonds is 5. The molecule has 0 unspecified atom stereocenters. The highest BCUT2D eigenvalue weighted by molar-refractivity contribution is 6.11. The van der Waals surface area contributed by atoms with Gasteiger partial charge in [0, 0.05) is 44.4 Å². The van der Waals surface area contributed by atoms with E-state index in [1.165, 1.54) is 0 Å². The predicted molar refractivity (Wildman–Crippen MR) is 213 cm³/mol. The van der Waals surface area contributed by atoms with Gasteiger partial charge in [0.05, 0.1) is 50.5 Å². The van der Waals surface area contributed by atoms with Gasteiger partial charge < -0.3 is 0 Å². The van der Waals surface area contributed by atoms with Gasteiger partial charge in [-0.1, -0.05) is 109 Å². The Labute approximate surface area is 300 Å². The van der Waals surface area contributed by atoms with Crippen molar-refractivity contribution in [1.29, 1.82) is 0 Å². The Bertz CT molecular complexity index is 2940. The average Bonchev–Trinajstić information content (AvgIpc) is 3.23. The van der Waals surface area contributed by atoms with Gasteiger partial charge in [-0.25, -0.2) is 19.9 Å². The summed E-state index contributed by atoms with van der Waals surface area (Å²) >= 11 is 0. The van der Waals surface area contributed by atoms with Crippen LogP contribution < -0.4 is 0 Å². The van der Waals surface area contributed by atoms with E-state index in [1.54, 1.807) is 6.20 Å². The standard InChI is InChI=1S/C47H29N5/c1-3-9-30(10-4-1)39-22-20-36-27-38(37-21-25-40(31-11-5-2-6-12-31)52-47(37)46(36)51-39)41-23-18-32-14-16-34(28-44(32)49-41)35-17-15-33-19-24-43(50-45(33)29-35)42-13-7-8-26-48-42/h1-29H. The number of pyridine rings is 5. The number of fused-ring (bicyclic) bond motifs is 5. The second-order valence-corrected chi connectivity index (χ2v) is 12.9. The summed E-state index contributed by atoms with van der Waals surface area (Å²) in [5.74, 6) is 0. The zero-order chi connectivity index (χ0) is 34.4. The van der Waals surface area contributed by atoms with Crippen molar-refractivity contribution in [3.8, 4) is 56.3 Å². The lowest BCUT2D eigenvalue weighted by atomic mass is 9.98. The van der Waals surface area contributed by atoms with Crippen molar-refractivity contribution in [3.05, 3.63) is 176 Å². The van der Waals surface area contributed by atoms with Crippen LogP contribution in [0, 0.1) is 0 Å². The number of benzene rings is 5. The Morgan fingerprint density at radius 3 is 1.50 bits per heavy atom. The molecule has 5 aromatic heterocycles. The van der Waals surface area contributed by atoms with Crippen LogP contribution in [0.25, 0.3) is 99.9 Å². The first-order chi connectivity index (χ1) is 25.7. The van der Waals surface area contributed by atoms with Crippen molar-refractivity contribution in [1.82, 2.24) is 24.9 Å². The maximum atomic E-state index is 5.28. The van der Waals surface area contributed by atoms with Gasteiger partial charge >= 0.3 is 0 Å². The highest BCUT2D eigenvalue weighted by atomic mass is 14.8. The molecule has 5 heteroatoms. The van der Waals surface area contributed by atoms with Crippen LogP contribution >= 0.6 is 0 Å². The zero-order valence-corrected chi connectivity index (χ0v) is 28.0. The molecule has 242 valence electrons. The van der Waals surface area contributed by atoms with E-state index in [0.717, 1.165) is 99.9 Å². The number of nitrogens with zero attached hydrogens (tertiary/aromatic N) is 5. The van der Waals surface area contributed by atoms with Crippen molar-refractivity contribution >= 4 is 43.6 Å². The van der Waals surface area contributed by atoms with Crippen LogP contribution in [0.1, 0.15) is 0 Å². The quantitative estimate of drug-likeness (QED) is 0.171. The molecule has 0 atom stereocenters. The van der Waals surface area contributed by atoms with Crippen LogP contribution in [0.2, 0.25) is 0 Å². The number of hydrogen-bond acceptors (Lipinski definition) is 5. The molecule has 52 heavy (non-hydrogen) atoms. The van der Waals surface area contributed by atoms with Gasteiger partial charge in [-0.2, -0.15) is 0 Å². The van der Waals surface area contributed by atoms with Crippen LogP contribution in [-0.4, -0.2) is 24.9 Å². The van der Waals surface area contributed by atoms with E-state index < -0.39 is 0 Å². The van der Waals surface area contributed by atoms with Crippen LogP contribution in [-0.2, 0) is 0 Å². The number of aromatic nitrogens is 5. The fourth-order valence-corrected chi connectivity index (χ4v) is 7.02. The summed E-state index contributed by atoms with van der Waals surface area (Å²) in [5, 5.41) is 4.19. The van der Waals surface area contributed by atoms with Crippen molar-refractivity contribution in [2.24, 2.45) is 0 Å². The molecule has 0 amide bonds. The fraction of sp³-hybridized carbons (Fsp3) is 0. The van der Waals surface area contributed by atoms with Crippen molar-refractivity contribution in [2.45, 2.75) is 0 Å². The van der Waals surface area contributed by atoms with Gasteiger partial charge in [0.25, 0.3) is 0 Å². The van der Waals surface area contributed by atoms with Crippen LogP contribution in [0.3, 0.4) is 0 Å². The molecule has 10 rings (SSSR count). The molecule has 0 aliphatic rings. The Kier molecular flexibility index (Phi) is 7.07. The van der Waals surface area contributed by atoms with Crippen molar-refractivity contribution < 1.29 is 0 Å². The molecule has 5 aromatic carbocycles. The second kappa shape index (κ2) is 12.3. The first kappa shape index (κ1) is 29.8. The molecule has 10 aromatic rings. The third-order valence-corrected chi connectivity index (χ3v) is 9.70. The van der Waals surface area contributed by atoms with E-state index in [1.807, 2.05) is 60.7 Å². The van der Waals surface area contributed by atoms with E-state index in [4.69, 9.17) is 19.9 Å². The molecule has 0 saturated heterocycles. The molecule has 0 radical (unpaired) electrons. The second-order valence-electron chi connectivity index (χ2n) is 12.9. The van der Waals surface area contributed by atoms with Crippen LogP contribution in [0.15, 0.2) is 176 Å². The van der Waals surface area contributed by atoms with E-state index in [2.05, 4.69) is 114 Å². The highest BCUT2D eigenvalue weighted by Gasteiger charge is 2.15. The molecule has 5 nitrogen and oxygen atoms in total. The molecule has 5 heterocycles. The normalized spacial score (nSPS) is 11.5. The molecule has 0 fully saturated rings. The monoisotopic (exact) mass is 663 g/mol. The zero-order valence-electron chi connectivity index (χ0n) is 28.0. The minimum absolute atomic E-state index is 0.856. The predicted octanol–water partition coefficient (Wildman–Crippen LogP) is 11.6. The summed E-state index contributed by atoms with van der Waals surface area (Å²) in [6, 6.07) is 58.5. The molecule has 0 bridgehead atoms. The van der Waals surface area contributed by atoms with E-state index in [-0.39, 0.29) is 0 Å². The lowest BCUT2D eigenvalue weighted by Crippen LogP contribution is -1.94. The lowest BCUT2D eigenvalue weighted by Gasteiger charge is -2.13. The van der Waals surface area contributed by atoms with Gasteiger partial charge in [0.2, 0.25) is 0 Å². The largest absolute Gasteiger partial charge is 0.255 e. The van der Waals surface area contributed by atoms with Crippen molar-refractivity contribution in [3.63, 3.8) is 0 Å². The first-order valence-corrected chi connectivity index (χ1v) is 17.3. The summed E-state index contributed by atoms with van der Waals surface area (Å²) in [6.07, 6.45) is 1.80. The topological polar surface area (TPSA) is 64.5 Å². The van der Waals surface area contributed by atoms with Gasteiger partial charge in [0.1, 0.15) is 0 Å². The van der Waals surface area contributed by atoms with Gasteiger partial charge in [-0.05, 0) is 71.8 Å². The van der Waals surface area contributed by atoms with E-state index in [0.29, 0.717) is 0 Å². The Hall–Kier alpha value is -7.11. The highest BCUT2D eigenvalue weighted by Crippen LogP contribution is 2.36. The Balaban J connectivity index is 1.11. The first-order valence-electron chi connectivity index (χ1n) is 17.3. The lowest BCUT2D eigenvalue weighted by molar-refractivity contribution is 1.28. The van der Waals surface area contributed by atoms with Crippen molar-refractivity contribution in [2.75, 3.05) is 0 Å². The summed E-state index contributed by atoms with van der Waals surface area (Å²) in [7, 11) is 0. The van der Waals surface area contributed by atoms with Crippen LogP contribution in [0.5, 0.6) is 0 Å². The molecule has 0 aliphatic heterocycles. The smallest absolute Gasteiger partial charge is 0.0979 e. The van der Waals surface area contributed by atoms with Gasteiger partial charge in [0.15, 0.2) is 0 Å². The molecule has 0 aliphatic carbocycles. The SMILES string of the molecule is c1ccc(-c2ccc3cc(-c4ccc5ccc(-c6ccc7ccc(-c8ccccn8)nc7c6)cc5n4)c4ccc(-c5ccccc5)nc4c3n2)cc1. The van der Waals surface area contributed by atoms with E-state index >= 15 is 0 Å². The maximum absolute atomic E-state index is 5.28. The third-order valence-electron chi connectivity index (χ3n) is 9.70. The Morgan fingerprint density at radius 1 is 0.308 bits per heavy atom. The molecule has 0 N–H and O–H groups in total. The maximum Gasteiger partial charge on any atom is 0.0979 e. The molecule has 0 spiro atoms. The third kappa shape index (κ3) is 5.32. The average molecular weight is 664 g/mol. The Morgan fingerprint density at radius 2 is 0.846 bits per heavy atom. The van der Waals surface area contributed by atoms with Gasteiger partial charge in [-0.3, -0.25) is 4.98 Å². The van der Waals surface area contributed by atoms with Crippen LogP contribution in [0.4, 0.5) is 0 Å². The van der Waals surface area contributed by atoms with E-state index in [9.17, 15) is 0 Å². The molecule has 0 saturated carbocycles. The fourth-order valence-electron chi connectivity index (χ4n) is 7.02. The molecular weight excluding hydrogens is 635 g/mol. The molecular formula is C47H29N5. The number of hydrogen-bond donors (Lipinski definition) is 0. The summed E-state index contributed by atoms with van der Waals surface area (Å²) < 4.78 is 0. The van der Waals surface area contributed by atoms with Gasteiger partial charge in [-0.15, -0.1) is 0 Å². The minimum Gasteiger partial charge on any atom is -0.255 e. The summed E-state index contributed by atoms with van der Waals surface area (Å²) in [5.41, 5.74) is 13.3. The summed E-state index contributed by atoms with van der Waals surface area (Å²) in [4.78, 5) is 25.2. The minimum atomic E-state index is 0.856. The summed E-state index contributed by atoms with van der Waals surface area (Å²) in [6.45, 7) is 0.